The molecular weight excluding hydrogens is 533 g/mol. The molecule has 2 saturated carbocycles. The molecule has 5 nitrogen and oxygen atoms in total. The van der Waals surface area contributed by atoms with Crippen LogP contribution in [0.15, 0.2) is 65.8 Å². The van der Waals surface area contributed by atoms with Gasteiger partial charge in [0.1, 0.15) is 24.2 Å². The minimum absolute atomic E-state index is 0.0640. The average molecular weight is 557 g/mol. The molecule has 3 aliphatic rings. The number of carboxylic acid groups (broad SMARTS) is 1. The highest BCUT2D eigenvalue weighted by atomic mass is 35.5. The molecule has 0 saturated heterocycles. The summed E-state index contributed by atoms with van der Waals surface area (Å²) in [5.74, 6) is 0.628. The molecule has 0 aromatic heterocycles. The Hall–Kier alpha value is -2.73. The van der Waals surface area contributed by atoms with Crippen LogP contribution in [0.4, 0.5) is 0 Å². The number of hydrogen-bond acceptors (Lipinski definition) is 4. The molecule has 1 N–H and O–H groups in total. The van der Waals surface area contributed by atoms with E-state index in [4.69, 9.17) is 44.4 Å². The number of benzene rings is 3. The zero-order valence-corrected chi connectivity index (χ0v) is 22.0. The van der Waals surface area contributed by atoms with Crippen molar-refractivity contribution in [3.05, 3.63) is 98.0 Å². The molecule has 3 aromatic rings. The quantitative estimate of drug-likeness (QED) is 0.307. The molecule has 2 unspecified atom stereocenters. The van der Waals surface area contributed by atoms with Crippen LogP contribution in [0.5, 0.6) is 5.75 Å². The highest BCUT2D eigenvalue weighted by Gasteiger charge is 2.46. The van der Waals surface area contributed by atoms with Gasteiger partial charge in [-0.25, -0.2) is 4.79 Å². The highest BCUT2D eigenvalue weighted by Crippen LogP contribution is 2.56. The number of ether oxygens (including phenoxy) is 1. The lowest BCUT2D eigenvalue weighted by atomic mass is 9.90. The fraction of sp³-hybridized carbons (Fsp3) is 0.310. The summed E-state index contributed by atoms with van der Waals surface area (Å²) in [4.78, 5) is 17.2. The summed E-state index contributed by atoms with van der Waals surface area (Å²) in [6.45, 7) is 0.366. The predicted molar refractivity (Wildman–Crippen MR) is 145 cm³/mol. The maximum Gasteiger partial charge on any atom is 0.335 e. The summed E-state index contributed by atoms with van der Waals surface area (Å²) in [6.07, 6.45) is 3.09. The van der Waals surface area contributed by atoms with Gasteiger partial charge in [0.15, 0.2) is 0 Å². The number of nitrogens with zero attached hydrogens (tertiary/aromatic N) is 1. The molecule has 0 bridgehead atoms. The molecule has 2 fully saturated rings. The molecule has 3 aromatic carbocycles. The minimum atomic E-state index is -0.916. The van der Waals surface area contributed by atoms with Crippen LogP contribution in [0.25, 0.3) is 0 Å². The predicted octanol–water partition coefficient (Wildman–Crippen LogP) is 7.82. The van der Waals surface area contributed by atoms with Crippen molar-refractivity contribution in [2.45, 2.75) is 37.2 Å². The summed E-state index contributed by atoms with van der Waals surface area (Å²) >= 11 is 19.7. The Morgan fingerprint density at radius 3 is 2.43 bits per heavy atom. The number of carbonyl (C=O) groups is 1. The first-order valence-electron chi connectivity index (χ1n) is 12.3. The van der Waals surface area contributed by atoms with E-state index in [-0.39, 0.29) is 23.9 Å². The van der Waals surface area contributed by atoms with Crippen LogP contribution in [-0.4, -0.2) is 29.5 Å². The second-order valence-electron chi connectivity index (χ2n) is 9.96. The number of aromatic carboxylic acids is 1. The molecule has 8 heteroatoms. The third-order valence-electron chi connectivity index (χ3n) is 7.48. The molecular formula is C29H24Cl3NO4. The maximum atomic E-state index is 11.3. The van der Waals surface area contributed by atoms with Gasteiger partial charge < -0.3 is 14.7 Å². The lowest BCUT2D eigenvalue weighted by Gasteiger charge is -2.20. The molecule has 4 atom stereocenters. The van der Waals surface area contributed by atoms with E-state index in [2.05, 4.69) is 5.16 Å². The summed E-state index contributed by atoms with van der Waals surface area (Å²) in [5, 5.41) is 15.4. The normalized spacial score (nSPS) is 24.4. The van der Waals surface area contributed by atoms with Crippen molar-refractivity contribution >= 4 is 46.5 Å². The lowest BCUT2D eigenvalue weighted by molar-refractivity contribution is 0.0340. The Kier molecular flexibility index (Phi) is 6.56. The van der Waals surface area contributed by atoms with Gasteiger partial charge in [0.2, 0.25) is 0 Å². The monoisotopic (exact) mass is 555 g/mol. The molecule has 6 rings (SSSR count). The van der Waals surface area contributed by atoms with Gasteiger partial charge in [-0.2, -0.15) is 0 Å². The maximum absolute atomic E-state index is 11.3. The van der Waals surface area contributed by atoms with Gasteiger partial charge in [-0.1, -0.05) is 64.2 Å². The first kappa shape index (κ1) is 24.6. The number of halogens is 3. The van der Waals surface area contributed by atoms with Gasteiger partial charge in [0, 0.05) is 10.6 Å². The third kappa shape index (κ3) is 4.93. The zero-order chi connectivity index (χ0) is 25.7. The Morgan fingerprint density at radius 2 is 1.73 bits per heavy atom. The second kappa shape index (κ2) is 9.86. The molecule has 37 heavy (non-hydrogen) atoms. The van der Waals surface area contributed by atoms with Crippen LogP contribution in [0.2, 0.25) is 15.1 Å². The van der Waals surface area contributed by atoms with Crippen LogP contribution < -0.4 is 4.74 Å². The number of carboxylic acids is 1. The van der Waals surface area contributed by atoms with Gasteiger partial charge in [-0.3, -0.25) is 0 Å². The van der Waals surface area contributed by atoms with Crippen molar-refractivity contribution in [3.8, 4) is 5.75 Å². The SMILES string of the molecule is O=C(O)c1cccc([C@H]2C[C@@H]2c2ccc(OCC3C(c4c(Cl)cccc4Cl)=NOC3C3CC3)cc2Cl)c1. The van der Waals surface area contributed by atoms with Crippen LogP contribution in [-0.2, 0) is 4.84 Å². The highest BCUT2D eigenvalue weighted by molar-refractivity contribution is 6.40. The molecule has 0 spiro atoms. The van der Waals surface area contributed by atoms with Crippen molar-refractivity contribution < 1.29 is 19.5 Å². The van der Waals surface area contributed by atoms with Gasteiger partial charge >= 0.3 is 5.97 Å². The van der Waals surface area contributed by atoms with Crippen LogP contribution >= 0.6 is 34.8 Å². The Balaban J connectivity index is 1.17. The molecule has 0 radical (unpaired) electrons. The molecule has 1 heterocycles. The average Bonchev–Trinajstić information content (AvgIpc) is 3.81. The van der Waals surface area contributed by atoms with Gasteiger partial charge in [0.25, 0.3) is 0 Å². The van der Waals surface area contributed by atoms with Gasteiger partial charge in [-0.05, 0) is 84.5 Å². The van der Waals surface area contributed by atoms with Crippen molar-refractivity contribution in [3.63, 3.8) is 0 Å². The fourth-order valence-electron chi connectivity index (χ4n) is 5.29. The largest absolute Gasteiger partial charge is 0.493 e. The third-order valence-corrected chi connectivity index (χ3v) is 8.44. The van der Waals surface area contributed by atoms with E-state index in [1.807, 2.05) is 30.3 Å². The van der Waals surface area contributed by atoms with Crippen molar-refractivity contribution in [2.75, 3.05) is 6.61 Å². The summed E-state index contributed by atoms with van der Waals surface area (Å²) in [6, 6.07) is 18.3. The van der Waals surface area contributed by atoms with E-state index in [9.17, 15) is 9.90 Å². The van der Waals surface area contributed by atoms with E-state index >= 15 is 0 Å². The summed E-state index contributed by atoms with van der Waals surface area (Å²) in [5.41, 5.74) is 3.80. The fourth-order valence-corrected chi connectivity index (χ4v) is 6.20. The summed E-state index contributed by atoms with van der Waals surface area (Å²) < 4.78 is 6.22. The van der Waals surface area contributed by atoms with Crippen molar-refractivity contribution in [1.29, 1.82) is 0 Å². The Labute approximate surface area is 229 Å². The molecule has 2 aliphatic carbocycles. The molecule has 190 valence electrons. The number of oxime groups is 1. The van der Waals surface area contributed by atoms with Gasteiger partial charge in [0.05, 0.1) is 21.5 Å². The number of rotatable bonds is 8. The van der Waals surface area contributed by atoms with E-state index in [0.29, 0.717) is 44.5 Å². The van der Waals surface area contributed by atoms with Gasteiger partial charge in [-0.15, -0.1) is 0 Å². The Morgan fingerprint density at radius 1 is 0.973 bits per heavy atom. The second-order valence-corrected chi connectivity index (χ2v) is 11.2. The van der Waals surface area contributed by atoms with Crippen molar-refractivity contribution in [1.82, 2.24) is 0 Å². The number of hydrogen-bond donors (Lipinski definition) is 1. The van der Waals surface area contributed by atoms with Crippen LogP contribution in [0.3, 0.4) is 0 Å². The van der Waals surface area contributed by atoms with E-state index in [1.165, 1.54) is 0 Å². The zero-order valence-electron chi connectivity index (χ0n) is 19.7. The first-order valence-corrected chi connectivity index (χ1v) is 13.5. The topological polar surface area (TPSA) is 68.1 Å². The van der Waals surface area contributed by atoms with Crippen molar-refractivity contribution in [2.24, 2.45) is 17.0 Å². The van der Waals surface area contributed by atoms with Crippen LogP contribution in [0.1, 0.15) is 58.1 Å². The minimum Gasteiger partial charge on any atom is -0.493 e. The molecule has 0 amide bonds. The van der Waals surface area contributed by atoms with E-state index in [0.717, 1.165) is 36.1 Å². The standard InChI is InChI=1S/C29H24Cl3NO4/c30-23-5-2-6-24(31)26(23)27-22(28(37-33-27)15-7-8-15)14-36-18-9-10-19(25(32)12-18)21-13-20(21)16-3-1-4-17(11-16)29(34)35/h1-6,9-12,15,20-22,28H,7-8,13-14H2,(H,34,35)/t20-,21-,22?,28?/m1/s1. The summed E-state index contributed by atoms with van der Waals surface area (Å²) in [7, 11) is 0. The molecule has 1 aliphatic heterocycles. The Bertz CT molecular complexity index is 1380. The van der Waals surface area contributed by atoms with E-state index in [1.54, 1.807) is 30.3 Å². The van der Waals surface area contributed by atoms with Crippen LogP contribution in [0, 0.1) is 11.8 Å². The smallest absolute Gasteiger partial charge is 0.335 e. The van der Waals surface area contributed by atoms with E-state index < -0.39 is 5.97 Å². The first-order chi connectivity index (χ1) is 17.9. The lowest BCUT2D eigenvalue weighted by Crippen LogP contribution is -2.31.